The molecule has 3 aromatic carbocycles. The Balaban J connectivity index is 0.915. The smallest absolute Gasteiger partial charge is 0.411 e. The van der Waals surface area contributed by atoms with E-state index in [1.165, 1.54) is 12.2 Å². The number of carbonyl (C=O) groups is 4. The first-order chi connectivity index (χ1) is 23.8. The third kappa shape index (κ3) is 8.33. The van der Waals surface area contributed by atoms with Gasteiger partial charge in [0, 0.05) is 61.5 Å². The third-order valence-electron chi connectivity index (χ3n) is 7.42. The van der Waals surface area contributed by atoms with Crippen molar-refractivity contribution in [2.45, 2.75) is 11.3 Å². The minimum atomic E-state index is -1.67. The second-order valence-corrected chi connectivity index (χ2v) is 11.9. The summed E-state index contributed by atoms with van der Waals surface area (Å²) in [6.07, 6.45) is 6.91. The highest BCUT2D eigenvalue weighted by molar-refractivity contribution is 7.86. The van der Waals surface area contributed by atoms with Crippen LogP contribution in [-0.4, -0.2) is 80.2 Å². The van der Waals surface area contributed by atoms with Gasteiger partial charge in [-0.05, 0) is 41.1 Å². The summed E-state index contributed by atoms with van der Waals surface area (Å²) in [7, 11) is -1.67. The quantitative estimate of drug-likeness (QED) is 0.117. The van der Waals surface area contributed by atoms with Crippen LogP contribution in [0.3, 0.4) is 0 Å². The Bertz CT molecular complexity index is 2060. The molecule has 0 aliphatic carbocycles. The van der Waals surface area contributed by atoms with E-state index in [1.807, 2.05) is 28.8 Å². The van der Waals surface area contributed by atoms with Gasteiger partial charge in [0.1, 0.15) is 6.61 Å². The molecule has 1 unspecified atom stereocenters. The monoisotopic (exact) mass is 681 g/mol. The highest BCUT2D eigenvalue weighted by Crippen LogP contribution is 2.26. The molecule has 250 valence electrons. The van der Waals surface area contributed by atoms with Crippen LogP contribution in [0, 0.1) is 0 Å². The Morgan fingerprint density at radius 1 is 0.898 bits per heavy atom. The molecule has 1 atom stereocenters. The van der Waals surface area contributed by atoms with Gasteiger partial charge >= 0.3 is 6.09 Å². The number of nitrogens with zero attached hydrogens (tertiary/aromatic N) is 4. The number of aromatic nitrogens is 3. The fraction of sp³-hybridized carbons (Fsp3) is 0.176. The Morgan fingerprint density at radius 3 is 2.47 bits per heavy atom. The fourth-order valence-electron chi connectivity index (χ4n) is 4.95. The molecule has 0 fully saturated rings. The van der Waals surface area contributed by atoms with E-state index in [4.69, 9.17) is 14.5 Å². The van der Waals surface area contributed by atoms with E-state index in [2.05, 4.69) is 44.6 Å². The second kappa shape index (κ2) is 15.3. The molecule has 0 bridgehead atoms. The van der Waals surface area contributed by atoms with Crippen molar-refractivity contribution in [3.8, 4) is 11.3 Å². The summed E-state index contributed by atoms with van der Waals surface area (Å²) in [5.74, 6) is -0.835. The van der Waals surface area contributed by atoms with Gasteiger partial charge in [-0.1, -0.05) is 36.4 Å². The zero-order valence-corrected chi connectivity index (χ0v) is 26.9. The van der Waals surface area contributed by atoms with Crippen molar-refractivity contribution in [2.24, 2.45) is 0 Å². The minimum absolute atomic E-state index is 0.00676. The number of imide groups is 1. The molecule has 0 saturated heterocycles. The molecule has 4 amide bonds. The normalized spacial score (nSPS) is 13.2. The maximum absolute atomic E-state index is 13.2. The van der Waals surface area contributed by atoms with Gasteiger partial charge in [-0.2, -0.15) is 0 Å². The summed E-state index contributed by atoms with van der Waals surface area (Å²) in [5.41, 5.74) is 2.68. The number of hydrogen-bond acceptors (Lipinski definition) is 9. The lowest BCUT2D eigenvalue weighted by molar-refractivity contribution is -0.137. The van der Waals surface area contributed by atoms with Crippen LogP contribution in [0.4, 0.5) is 16.3 Å². The van der Waals surface area contributed by atoms with E-state index in [0.29, 0.717) is 22.0 Å². The van der Waals surface area contributed by atoms with Gasteiger partial charge in [-0.3, -0.25) is 29.3 Å². The number of amides is 4. The van der Waals surface area contributed by atoms with E-state index < -0.39 is 28.9 Å². The number of nitrogens with one attached hydrogen (secondary N) is 3. The lowest BCUT2D eigenvalue weighted by Crippen LogP contribution is -2.35. The van der Waals surface area contributed by atoms with Crippen molar-refractivity contribution in [2.75, 3.05) is 42.9 Å². The van der Waals surface area contributed by atoms with Gasteiger partial charge in [0.25, 0.3) is 11.8 Å². The molecular formula is C34H31N7O7S. The van der Waals surface area contributed by atoms with E-state index in [9.17, 15) is 23.4 Å². The Morgan fingerprint density at radius 2 is 1.67 bits per heavy atom. The van der Waals surface area contributed by atoms with Gasteiger partial charge in [0.2, 0.25) is 5.91 Å². The minimum Gasteiger partial charge on any atom is -0.447 e. The first-order valence-corrected chi connectivity index (χ1v) is 16.4. The molecule has 2 aromatic heterocycles. The van der Waals surface area contributed by atoms with E-state index in [1.54, 1.807) is 36.7 Å². The number of ether oxygens (including phenoxy) is 2. The van der Waals surface area contributed by atoms with Crippen molar-refractivity contribution >= 4 is 62.7 Å². The fourth-order valence-corrected chi connectivity index (χ4v) is 5.77. The number of imidazole rings is 1. The largest absolute Gasteiger partial charge is 0.447 e. The highest BCUT2D eigenvalue weighted by Gasteiger charge is 2.23. The summed E-state index contributed by atoms with van der Waals surface area (Å²) in [4.78, 5) is 57.6. The molecule has 14 nitrogen and oxygen atoms in total. The van der Waals surface area contributed by atoms with Crippen LogP contribution in [0.25, 0.3) is 27.7 Å². The molecule has 3 N–H and O–H groups in total. The van der Waals surface area contributed by atoms with Crippen LogP contribution in [0.15, 0.2) is 102 Å². The summed E-state index contributed by atoms with van der Waals surface area (Å²) in [5, 5.41) is 7.47. The summed E-state index contributed by atoms with van der Waals surface area (Å²) in [6.45, 7) is 0.492. The maximum Gasteiger partial charge on any atom is 0.411 e. The number of fused-ring (bicyclic) bond motifs is 2. The molecule has 3 heterocycles. The van der Waals surface area contributed by atoms with Gasteiger partial charge < -0.3 is 19.2 Å². The Hall–Kier alpha value is -5.93. The lowest BCUT2D eigenvalue weighted by Gasteiger charge is -2.13. The average Bonchev–Trinajstić information content (AvgIpc) is 3.69. The highest BCUT2D eigenvalue weighted by atomic mass is 32.2. The molecule has 0 radical (unpaired) electrons. The van der Waals surface area contributed by atoms with Crippen molar-refractivity contribution in [3.05, 3.63) is 97.5 Å². The van der Waals surface area contributed by atoms with Crippen LogP contribution in [-0.2, 0) is 34.8 Å². The van der Waals surface area contributed by atoms with Gasteiger partial charge in [0.05, 0.1) is 23.8 Å². The van der Waals surface area contributed by atoms with Crippen LogP contribution in [0.5, 0.6) is 0 Å². The SMILES string of the molecule is O=C(CCN1C(=O)C=CC1=O)NCCOCCOC(=O)Nc1ccc(S(=O)Nc2nccn3cc(-c4ccc5ccccc5c4)nc23)cc1. The first kappa shape index (κ1) is 33.0. The van der Waals surface area contributed by atoms with Crippen molar-refractivity contribution in [3.63, 3.8) is 0 Å². The summed E-state index contributed by atoms with van der Waals surface area (Å²) in [6, 6.07) is 20.7. The summed E-state index contributed by atoms with van der Waals surface area (Å²) >= 11 is 0. The molecule has 1 aliphatic heterocycles. The zero-order chi connectivity index (χ0) is 34.2. The molecule has 1 aliphatic rings. The van der Waals surface area contributed by atoms with E-state index >= 15 is 0 Å². The van der Waals surface area contributed by atoms with Crippen LogP contribution >= 0.6 is 0 Å². The van der Waals surface area contributed by atoms with E-state index in [0.717, 1.165) is 26.9 Å². The average molecular weight is 682 g/mol. The predicted molar refractivity (Wildman–Crippen MR) is 182 cm³/mol. The van der Waals surface area contributed by atoms with E-state index in [-0.39, 0.29) is 45.2 Å². The Labute approximate surface area is 282 Å². The topological polar surface area (TPSA) is 173 Å². The molecule has 49 heavy (non-hydrogen) atoms. The molecule has 5 aromatic rings. The number of carbonyl (C=O) groups excluding carboxylic acids is 4. The lowest BCUT2D eigenvalue weighted by atomic mass is 10.1. The first-order valence-electron chi connectivity index (χ1n) is 15.3. The molecule has 0 spiro atoms. The number of hydrogen-bond donors (Lipinski definition) is 3. The van der Waals surface area contributed by atoms with Gasteiger partial charge in [-0.15, -0.1) is 0 Å². The van der Waals surface area contributed by atoms with Crippen molar-refractivity contribution in [1.82, 2.24) is 24.6 Å². The van der Waals surface area contributed by atoms with Gasteiger partial charge in [0.15, 0.2) is 22.5 Å². The zero-order valence-electron chi connectivity index (χ0n) is 26.0. The van der Waals surface area contributed by atoms with Crippen LogP contribution in [0.1, 0.15) is 6.42 Å². The van der Waals surface area contributed by atoms with Crippen LogP contribution < -0.4 is 15.4 Å². The molecule has 0 saturated carbocycles. The standard InChI is InChI=1S/C34H31N7O7S/c42-29(13-16-41-30(43)11-12-31(41)44)35-15-18-47-19-20-48-34(45)37-26-7-9-27(10-8-26)49(46)39-32-33-38-28(22-40(33)17-14-36-32)25-6-5-23-3-1-2-4-24(23)21-25/h1-12,14,17,21-22H,13,15-16,18-20H2,(H,35,42)(H,36,39)(H,37,45). The Kier molecular flexibility index (Phi) is 10.3. The van der Waals surface area contributed by atoms with Crippen molar-refractivity contribution < 1.29 is 32.9 Å². The van der Waals surface area contributed by atoms with Crippen LogP contribution in [0.2, 0.25) is 0 Å². The molecule has 6 rings (SSSR count). The third-order valence-corrected chi connectivity index (χ3v) is 8.50. The number of rotatable bonds is 14. The molecule has 15 heteroatoms. The summed E-state index contributed by atoms with van der Waals surface area (Å²) < 4.78 is 28.4. The number of anilines is 2. The second-order valence-electron chi connectivity index (χ2n) is 10.7. The maximum atomic E-state index is 13.2. The number of benzene rings is 3. The predicted octanol–water partition coefficient (Wildman–Crippen LogP) is 3.68. The molecular weight excluding hydrogens is 650 g/mol. The van der Waals surface area contributed by atoms with Gasteiger partial charge in [-0.25, -0.2) is 19.0 Å². The van der Waals surface area contributed by atoms with Crippen molar-refractivity contribution in [1.29, 1.82) is 0 Å².